The van der Waals surface area contributed by atoms with Crippen molar-refractivity contribution in [2.75, 3.05) is 13.2 Å². The summed E-state index contributed by atoms with van der Waals surface area (Å²) in [6, 6.07) is 0. The Morgan fingerprint density at radius 2 is 1.41 bits per heavy atom. The molecule has 0 aliphatic carbocycles. The van der Waals surface area contributed by atoms with E-state index in [1.807, 2.05) is 13.8 Å². The van der Waals surface area contributed by atoms with Gasteiger partial charge in [-0.1, -0.05) is 38.8 Å². The third kappa shape index (κ3) is 14.0. The van der Waals surface area contributed by atoms with E-state index in [9.17, 15) is 22.6 Å². The molecule has 0 radical (unpaired) electrons. The largest absolute Gasteiger partial charge is 1.00 e. The molecule has 0 aromatic heterocycles. The SMILES string of the molecule is C=CCCC(CC)COC(=O)CC(C(=O)OCC(CC)CCC=C)S(=O)(=O)[O-].[Na+]. The third-order valence-corrected chi connectivity index (χ3v) is 5.67. The molecular formula is C20H33NaO7S. The first-order valence-corrected chi connectivity index (χ1v) is 11.1. The molecule has 0 fully saturated rings. The first kappa shape index (κ1) is 30.5. The van der Waals surface area contributed by atoms with Crippen LogP contribution in [0.1, 0.15) is 58.8 Å². The Kier molecular flexibility index (Phi) is 18.0. The Hall–Kier alpha value is -0.670. The summed E-state index contributed by atoms with van der Waals surface area (Å²) in [6.45, 7) is 11.2. The summed E-state index contributed by atoms with van der Waals surface area (Å²) in [5.41, 5.74) is 0. The monoisotopic (exact) mass is 440 g/mol. The van der Waals surface area contributed by atoms with Gasteiger partial charge in [-0.25, -0.2) is 8.42 Å². The van der Waals surface area contributed by atoms with Crippen molar-refractivity contribution in [2.45, 2.75) is 64.0 Å². The topological polar surface area (TPSA) is 110 Å². The molecule has 0 aliphatic rings. The zero-order valence-corrected chi connectivity index (χ0v) is 20.7. The molecule has 29 heavy (non-hydrogen) atoms. The second-order valence-electron chi connectivity index (χ2n) is 6.78. The van der Waals surface area contributed by atoms with E-state index < -0.39 is 33.7 Å². The average Bonchev–Trinajstić information content (AvgIpc) is 2.65. The maximum absolute atomic E-state index is 12.1. The van der Waals surface area contributed by atoms with Gasteiger partial charge in [0.25, 0.3) is 0 Å². The minimum absolute atomic E-state index is 0. The maximum Gasteiger partial charge on any atom is 1.00 e. The fourth-order valence-electron chi connectivity index (χ4n) is 2.53. The van der Waals surface area contributed by atoms with Gasteiger partial charge >= 0.3 is 41.5 Å². The summed E-state index contributed by atoms with van der Waals surface area (Å²) in [4.78, 5) is 24.1. The van der Waals surface area contributed by atoms with Crippen LogP contribution in [0.3, 0.4) is 0 Å². The molecule has 0 heterocycles. The van der Waals surface area contributed by atoms with E-state index in [-0.39, 0.29) is 54.6 Å². The van der Waals surface area contributed by atoms with Crippen LogP contribution in [0.15, 0.2) is 25.3 Å². The van der Waals surface area contributed by atoms with Crippen molar-refractivity contribution in [3.05, 3.63) is 25.3 Å². The molecule has 3 unspecified atom stereocenters. The molecule has 9 heteroatoms. The molecule has 0 rings (SSSR count). The van der Waals surface area contributed by atoms with Crippen LogP contribution in [0.2, 0.25) is 0 Å². The van der Waals surface area contributed by atoms with Crippen LogP contribution in [-0.2, 0) is 29.2 Å². The summed E-state index contributed by atoms with van der Waals surface area (Å²) in [6.07, 6.45) is 7.17. The number of carbonyl (C=O) groups is 2. The second-order valence-corrected chi connectivity index (χ2v) is 8.33. The van der Waals surface area contributed by atoms with E-state index in [2.05, 4.69) is 13.2 Å². The molecule has 0 aliphatic heterocycles. The Bertz CT molecular complexity index is 604. The van der Waals surface area contributed by atoms with Crippen molar-refractivity contribution in [1.82, 2.24) is 0 Å². The summed E-state index contributed by atoms with van der Waals surface area (Å²) >= 11 is 0. The van der Waals surface area contributed by atoms with Crippen LogP contribution < -0.4 is 29.6 Å². The number of esters is 2. The van der Waals surface area contributed by atoms with E-state index in [4.69, 9.17) is 9.47 Å². The number of hydrogen-bond donors (Lipinski definition) is 0. The Morgan fingerprint density at radius 3 is 1.79 bits per heavy atom. The zero-order valence-electron chi connectivity index (χ0n) is 17.9. The second kappa shape index (κ2) is 17.1. The van der Waals surface area contributed by atoms with E-state index in [1.54, 1.807) is 12.2 Å². The fourth-order valence-corrected chi connectivity index (χ4v) is 3.18. The van der Waals surface area contributed by atoms with Crippen LogP contribution in [0, 0.1) is 11.8 Å². The summed E-state index contributed by atoms with van der Waals surface area (Å²) in [5.74, 6) is -1.98. The first-order valence-electron chi connectivity index (χ1n) is 9.68. The van der Waals surface area contributed by atoms with Crippen molar-refractivity contribution in [3.63, 3.8) is 0 Å². The van der Waals surface area contributed by atoms with Crippen molar-refractivity contribution in [1.29, 1.82) is 0 Å². The molecule has 3 atom stereocenters. The van der Waals surface area contributed by atoms with Crippen LogP contribution in [-0.4, -0.2) is 43.4 Å². The molecule has 7 nitrogen and oxygen atoms in total. The average molecular weight is 441 g/mol. The molecule has 0 aromatic carbocycles. The summed E-state index contributed by atoms with van der Waals surface area (Å²) in [7, 11) is -5.04. The standard InChI is InChI=1S/C20H34O7S.Na/c1-5-9-11-16(7-3)14-26-19(21)13-18(28(23,24)25)20(22)27-15-17(8-4)12-10-6-2;/h5-6,16-18H,1-2,7-15H2,3-4H3,(H,23,24,25);/q;+1/p-1. The van der Waals surface area contributed by atoms with Gasteiger partial charge in [0.15, 0.2) is 5.25 Å². The van der Waals surface area contributed by atoms with Crippen LogP contribution in [0.5, 0.6) is 0 Å². The predicted octanol–water partition coefficient (Wildman–Crippen LogP) is 0.366. The maximum atomic E-state index is 12.1. The quantitative estimate of drug-likeness (QED) is 0.148. The molecule has 0 saturated heterocycles. The van der Waals surface area contributed by atoms with Crippen LogP contribution in [0.25, 0.3) is 0 Å². The van der Waals surface area contributed by atoms with Crippen LogP contribution >= 0.6 is 0 Å². The Labute approximate surface area is 197 Å². The smallest absolute Gasteiger partial charge is 0.747 e. The van der Waals surface area contributed by atoms with Crippen LogP contribution in [0.4, 0.5) is 0 Å². The summed E-state index contributed by atoms with van der Waals surface area (Å²) in [5, 5.41) is -2.09. The number of rotatable bonds is 16. The van der Waals surface area contributed by atoms with Crippen molar-refractivity contribution >= 4 is 22.1 Å². The molecule has 0 amide bonds. The van der Waals surface area contributed by atoms with E-state index in [1.165, 1.54) is 0 Å². The van der Waals surface area contributed by atoms with Gasteiger partial charge in [0, 0.05) is 0 Å². The molecule has 0 saturated carbocycles. The minimum Gasteiger partial charge on any atom is -0.747 e. The molecule has 0 bridgehead atoms. The number of ether oxygens (including phenoxy) is 2. The van der Waals surface area contributed by atoms with Gasteiger partial charge in [-0.05, 0) is 37.5 Å². The van der Waals surface area contributed by atoms with Crippen molar-refractivity contribution in [2.24, 2.45) is 11.8 Å². The molecule has 0 aromatic rings. The molecule has 0 spiro atoms. The van der Waals surface area contributed by atoms with Gasteiger partial charge in [0.05, 0.1) is 19.6 Å². The third-order valence-electron chi connectivity index (χ3n) is 4.62. The molecule has 162 valence electrons. The van der Waals surface area contributed by atoms with Gasteiger partial charge in [-0.3, -0.25) is 9.59 Å². The van der Waals surface area contributed by atoms with E-state index >= 15 is 0 Å². The van der Waals surface area contributed by atoms with Crippen molar-refractivity contribution < 1.29 is 61.6 Å². The molecular weight excluding hydrogens is 407 g/mol. The summed E-state index contributed by atoms with van der Waals surface area (Å²) < 4.78 is 44.4. The first-order chi connectivity index (χ1) is 13.2. The zero-order chi connectivity index (χ0) is 21.6. The number of carbonyl (C=O) groups excluding carboxylic acids is 2. The Morgan fingerprint density at radius 1 is 0.966 bits per heavy atom. The van der Waals surface area contributed by atoms with Gasteiger partial charge in [-0.15, -0.1) is 13.2 Å². The fraction of sp³-hybridized carbons (Fsp3) is 0.700. The number of hydrogen-bond acceptors (Lipinski definition) is 7. The van der Waals surface area contributed by atoms with Gasteiger partial charge < -0.3 is 14.0 Å². The Balaban J connectivity index is 0. The number of allylic oxidation sites excluding steroid dienone is 2. The minimum atomic E-state index is -5.04. The predicted molar refractivity (Wildman–Crippen MR) is 106 cm³/mol. The molecule has 0 N–H and O–H groups in total. The van der Waals surface area contributed by atoms with E-state index in [0.717, 1.165) is 38.5 Å². The van der Waals surface area contributed by atoms with Gasteiger partial charge in [0.2, 0.25) is 0 Å². The normalized spacial score (nSPS) is 14.0. The van der Waals surface area contributed by atoms with Crippen molar-refractivity contribution in [3.8, 4) is 0 Å². The van der Waals surface area contributed by atoms with E-state index in [0.29, 0.717) is 0 Å². The van der Waals surface area contributed by atoms with Gasteiger partial charge in [0.1, 0.15) is 10.1 Å². The van der Waals surface area contributed by atoms with Gasteiger partial charge in [-0.2, -0.15) is 0 Å².